The quantitative estimate of drug-likeness (QED) is 0.143. The summed E-state index contributed by atoms with van der Waals surface area (Å²) in [5.74, 6) is 0.720. The van der Waals surface area contributed by atoms with Crippen LogP contribution in [0, 0.1) is 12.8 Å². The second-order valence-corrected chi connectivity index (χ2v) is 9.51. The highest BCUT2D eigenvalue weighted by molar-refractivity contribution is 4.62. The van der Waals surface area contributed by atoms with Gasteiger partial charge in [0.1, 0.15) is 0 Å². The second-order valence-electron chi connectivity index (χ2n) is 9.51. The topological polar surface area (TPSA) is 0 Å². The maximum Gasteiger partial charge on any atom is -0.0414 e. The van der Waals surface area contributed by atoms with Gasteiger partial charge in [-0.25, -0.2) is 0 Å². The molecule has 0 amide bonds. The number of unbranched alkanes of at least 4 members (excludes halogenated alkanes) is 20. The Morgan fingerprint density at radius 1 is 0.357 bits per heavy atom. The van der Waals surface area contributed by atoms with Gasteiger partial charge < -0.3 is 0 Å². The van der Waals surface area contributed by atoms with Gasteiger partial charge in [0.15, 0.2) is 0 Å². The Bertz CT molecular complexity index is 231. The first-order chi connectivity index (χ1) is 13.8. The van der Waals surface area contributed by atoms with Crippen LogP contribution in [0.4, 0.5) is 0 Å². The maximum atomic E-state index is 4.40. The third-order valence-electron chi connectivity index (χ3n) is 6.43. The third kappa shape index (κ3) is 24.0. The molecule has 0 aliphatic rings. The average molecular weight is 394 g/mol. The van der Waals surface area contributed by atoms with Crippen LogP contribution in [0.3, 0.4) is 0 Å². The minimum absolute atomic E-state index is 0.720. The maximum absolute atomic E-state index is 4.40. The zero-order valence-electron chi connectivity index (χ0n) is 20.3. The first-order valence-corrected chi connectivity index (χ1v) is 13.6. The van der Waals surface area contributed by atoms with Crippen LogP contribution in [0.2, 0.25) is 0 Å². The predicted molar refractivity (Wildman–Crippen MR) is 131 cm³/mol. The van der Waals surface area contributed by atoms with Crippen molar-refractivity contribution in [2.75, 3.05) is 0 Å². The number of rotatable bonds is 24. The van der Waals surface area contributed by atoms with Crippen molar-refractivity contribution in [1.82, 2.24) is 0 Å². The molecule has 0 aromatic carbocycles. The summed E-state index contributed by atoms with van der Waals surface area (Å²) in [5, 5.41) is 0. The monoisotopic (exact) mass is 393 g/mol. The van der Waals surface area contributed by atoms with Gasteiger partial charge in [-0.3, -0.25) is 0 Å². The van der Waals surface area contributed by atoms with E-state index < -0.39 is 0 Å². The van der Waals surface area contributed by atoms with E-state index in [1.54, 1.807) is 0 Å². The van der Waals surface area contributed by atoms with E-state index >= 15 is 0 Å². The zero-order valence-corrected chi connectivity index (χ0v) is 20.3. The van der Waals surface area contributed by atoms with E-state index in [0.717, 1.165) is 5.92 Å². The highest BCUT2D eigenvalue weighted by Crippen LogP contribution is 2.19. The minimum atomic E-state index is 0.720. The summed E-state index contributed by atoms with van der Waals surface area (Å²) in [5.41, 5.74) is 0. The molecule has 1 radical (unpaired) electrons. The molecule has 0 rings (SSSR count). The van der Waals surface area contributed by atoms with E-state index in [0.29, 0.717) is 0 Å². The molecule has 0 saturated carbocycles. The van der Waals surface area contributed by atoms with Gasteiger partial charge in [-0.1, -0.05) is 175 Å². The SMILES string of the molecule is [CH2]C(CCCCCCCCCCCCC)CCCCCCCCCCCCC. The van der Waals surface area contributed by atoms with Crippen LogP contribution in [-0.4, -0.2) is 0 Å². The number of hydrogen-bond acceptors (Lipinski definition) is 0. The summed E-state index contributed by atoms with van der Waals surface area (Å²) in [6, 6.07) is 0. The first-order valence-electron chi connectivity index (χ1n) is 13.6. The zero-order chi connectivity index (χ0) is 20.5. The highest BCUT2D eigenvalue weighted by atomic mass is 14.1. The van der Waals surface area contributed by atoms with Crippen LogP contribution in [0.1, 0.15) is 168 Å². The minimum Gasteiger partial charge on any atom is -0.0654 e. The molecular weight excluding hydrogens is 336 g/mol. The summed E-state index contributed by atoms with van der Waals surface area (Å²) >= 11 is 0. The summed E-state index contributed by atoms with van der Waals surface area (Å²) < 4.78 is 0. The molecular formula is C28H57. The van der Waals surface area contributed by atoms with Crippen LogP contribution < -0.4 is 0 Å². The van der Waals surface area contributed by atoms with Crippen LogP contribution >= 0.6 is 0 Å². The third-order valence-corrected chi connectivity index (χ3v) is 6.43. The van der Waals surface area contributed by atoms with Crippen molar-refractivity contribution >= 4 is 0 Å². The van der Waals surface area contributed by atoms with Gasteiger partial charge in [-0.05, 0) is 5.92 Å². The van der Waals surface area contributed by atoms with E-state index in [9.17, 15) is 0 Å². The van der Waals surface area contributed by atoms with Gasteiger partial charge in [0, 0.05) is 0 Å². The predicted octanol–water partition coefficient (Wildman–Crippen LogP) is 10.8. The Labute approximate surface area is 181 Å². The lowest BCUT2D eigenvalue weighted by atomic mass is 9.95. The molecule has 169 valence electrons. The molecule has 0 atom stereocenters. The van der Waals surface area contributed by atoms with E-state index in [-0.39, 0.29) is 0 Å². The Morgan fingerprint density at radius 2 is 0.571 bits per heavy atom. The molecule has 0 aliphatic carbocycles. The van der Waals surface area contributed by atoms with Crippen molar-refractivity contribution < 1.29 is 0 Å². The van der Waals surface area contributed by atoms with Gasteiger partial charge in [0.05, 0.1) is 0 Å². The standard InChI is InChI=1S/C28H57/c1-4-6-8-10-12-14-16-18-20-22-24-26-28(3)27-25-23-21-19-17-15-13-11-9-7-5-2/h28H,3-27H2,1-2H3. The Hall–Kier alpha value is 0. The molecule has 0 fully saturated rings. The molecule has 0 heterocycles. The molecule has 0 aromatic heterocycles. The summed E-state index contributed by atoms with van der Waals surface area (Å²) in [6.45, 7) is 9.00. The fraction of sp³-hybridized carbons (Fsp3) is 0.964. The first kappa shape index (κ1) is 28.0. The Kier molecular flexibility index (Phi) is 25.0. The van der Waals surface area contributed by atoms with Crippen LogP contribution in [0.5, 0.6) is 0 Å². The lowest BCUT2D eigenvalue weighted by Gasteiger charge is -2.11. The molecule has 28 heavy (non-hydrogen) atoms. The lowest BCUT2D eigenvalue weighted by Crippen LogP contribution is -1.95. The highest BCUT2D eigenvalue weighted by Gasteiger charge is 2.02. The van der Waals surface area contributed by atoms with Crippen molar-refractivity contribution in [2.24, 2.45) is 5.92 Å². The summed E-state index contributed by atoms with van der Waals surface area (Å²) in [6.07, 6.45) is 34.6. The van der Waals surface area contributed by atoms with Crippen LogP contribution in [-0.2, 0) is 0 Å². The molecule has 0 saturated heterocycles. The van der Waals surface area contributed by atoms with Gasteiger partial charge in [0.2, 0.25) is 0 Å². The van der Waals surface area contributed by atoms with E-state index in [2.05, 4.69) is 20.8 Å². The van der Waals surface area contributed by atoms with Crippen molar-refractivity contribution in [1.29, 1.82) is 0 Å². The van der Waals surface area contributed by atoms with Gasteiger partial charge >= 0.3 is 0 Å². The second kappa shape index (κ2) is 25.0. The van der Waals surface area contributed by atoms with Crippen molar-refractivity contribution in [3.63, 3.8) is 0 Å². The van der Waals surface area contributed by atoms with Crippen LogP contribution in [0.15, 0.2) is 0 Å². The van der Waals surface area contributed by atoms with Gasteiger partial charge in [0.25, 0.3) is 0 Å². The average Bonchev–Trinajstić information content (AvgIpc) is 2.70. The van der Waals surface area contributed by atoms with E-state index in [1.807, 2.05) is 0 Å². The largest absolute Gasteiger partial charge is 0.0654 e. The van der Waals surface area contributed by atoms with Gasteiger partial charge in [-0.15, -0.1) is 0 Å². The fourth-order valence-electron chi connectivity index (χ4n) is 4.34. The summed E-state index contributed by atoms with van der Waals surface area (Å²) in [7, 11) is 0. The molecule has 0 aliphatic heterocycles. The molecule has 0 unspecified atom stereocenters. The normalized spacial score (nSPS) is 11.6. The molecule has 0 heteroatoms. The molecule has 0 spiro atoms. The van der Waals surface area contributed by atoms with Crippen LogP contribution in [0.25, 0.3) is 0 Å². The lowest BCUT2D eigenvalue weighted by molar-refractivity contribution is 0.459. The van der Waals surface area contributed by atoms with Crippen molar-refractivity contribution in [3.8, 4) is 0 Å². The summed E-state index contributed by atoms with van der Waals surface area (Å²) in [4.78, 5) is 0. The van der Waals surface area contributed by atoms with Gasteiger partial charge in [-0.2, -0.15) is 0 Å². The fourth-order valence-corrected chi connectivity index (χ4v) is 4.34. The Balaban J connectivity index is 3.12. The van der Waals surface area contributed by atoms with E-state index in [1.165, 1.54) is 154 Å². The van der Waals surface area contributed by atoms with Crippen molar-refractivity contribution in [2.45, 2.75) is 168 Å². The molecule has 0 nitrogen and oxygen atoms in total. The smallest absolute Gasteiger partial charge is 0.0414 e. The molecule has 0 bridgehead atoms. The molecule has 0 N–H and O–H groups in total. The number of hydrogen-bond donors (Lipinski definition) is 0. The van der Waals surface area contributed by atoms with E-state index in [4.69, 9.17) is 0 Å². The molecule has 0 aromatic rings. The van der Waals surface area contributed by atoms with Crippen molar-refractivity contribution in [3.05, 3.63) is 6.92 Å². The Morgan fingerprint density at radius 3 is 0.821 bits per heavy atom.